The summed E-state index contributed by atoms with van der Waals surface area (Å²) in [6.45, 7) is 14.5. The smallest absolute Gasteiger partial charge is 0.312 e. The molecule has 2 aromatic rings. The first kappa shape index (κ1) is 23.1. The van der Waals surface area contributed by atoms with E-state index in [1.165, 1.54) is 0 Å². The summed E-state index contributed by atoms with van der Waals surface area (Å²) < 4.78 is 11.0. The largest absolute Gasteiger partial charge is 0.460 e. The van der Waals surface area contributed by atoms with Crippen molar-refractivity contribution in [2.75, 3.05) is 0 Å². The highest BCUT2D eigenvalue weighted by atomic mass is 16.5. The maximum Gasteiger partial charge on any atom is 0.312 e. The van der Waals surface area contributed by atoms with Crippen LogP contribution in [0.15, 0.2) is 61.7 Å². The Hall–Kier alpha value is -3.14. The van der Waals surface area contributed by atoms with Gasteiger partial charge in [-0.3, -0.25) is 9.59 Å². The van der Waals surface area contributed by atoms with Crippen LogP contribution in [0.3, 0.4) is 0 Å². The molecule has 0 N–H and O–H groups in total. The fourth-order valence-electron chi connectivity index (χ4n) is 2.67. The third-order valence-electron chi connectivity index (χ3n) is 5.75. The van der Waals surface area contributed by atoms with Crippen molar-refractivity contribution < 1.29 is 19.1 Å². The minimum atomic E-state index is -1.07. The van der Waals surface area contributed by atoms with Gasteiger partial charge in [0.05, 0.1) is 10.8 Å². The standard InChI is InChI=1S/C26H30O4/c1-7-19-9-13-21(14-10-19)17-29-23(27)25(3,4)26(5,6)24(28)30-18-22-15-11-20(8-2)12-16-22/h7-16H,1-2,17-18H2,3-6H3. The molecule has 0 bridgehead atoms. The average Bonchev–Trinajstić information content (AvgIpc) is 2.76. The lowest BCUT2D eigenvalue weighted by molar-refractivity contribution is -0.177. The van der Waals surface area contributed by atoms with Gasteiger partial charge in [0.25, 0.3) is 0 Å². The number of rotatable bonds is 9. The second-order valence-electron chi connectivity index (χ2n) is 8.29. The molecule has 0 aliphatic carbocycles. The van der Waals surface area contributed by atoms with Crippen molar-refractivity contribution in [2.24, 2.45) is 10.8 Å². The summed E-state index contributed by atoms with van der Waals surface area (Å²) in [4.78, 5) is 25.6. The summed E-state index contributed by atoms with van der Waals surface area (Å²) in [5.74, 6) is -0.903. The van der Waals surface area contributed by atoms with Crippen LogP contribution in [0.5, 0.6) is 0 Å². The van der Waals surface area contributed by atoms with Gasteiger partial charge in [-0.15, -0.1) is 0 Å². The summed E-state index contributed by atoms with van der Waals surface area (Å²) >= 11 is 0. The van der Waals surface area contributed by atoms with Crippen LogP contribution >= 0.6 is 0 Å². The maximum absolute atomic E-state index is 12.8. The van der Waals surface area contributed by atoms with E-state index in [-0.39, 0.29) is 13.2 Å². The number of hydrogen-bond donors (Lipinski definition) is 0. The summed E-state index contributed by atoms with van der Waals surface area (Å²) in [6, 6.07) is 15.2. The minimum absolute atomic E-state index is 0.139. The zero-order chi connectivity index (χ0) is 22.4. The van der Waals surface area contributed by atoms with Gasteiger partial charge in [-0.1, -0.05) is 73.8 Å². The second kappa shape index (κ2) is 9.57. The molecule has 0 radical (unpaired) electrons. The maximum atomic E-state index is 12.8. The predicted molar refractivity (Wildman–Crippen MR) is 120 cm³/mol. The van der Waals surface area contributed by atoms with Crippen molar-refractivity contribution in [2.45, 2.75) is 40.9 Å². The van der Waals surface area contributed by atoms with Crippen molar-refractivity contribution in [3.05, 3.63) is 83.9 Å². The molecular weight excluding hydrogens is 376 g/mol. The van der Waals surface area contributed by atoms with Crippen LogP contribution in [-0.2, 0) is 32.3 Å². The van der Waals surface area contributed by atoms with E-state index in [0.717, 1.165) is 22.3 Å². The SMILES string of the molecule is C=Cc1ccc(COC(=O)C(C)(C)C(C)(C)C(=O)OCc2ccc(C=C)cc2)cc1. The van der Waals surface area contributed by atoms with E-state index in [1.54, 1.807) is 39.8 Å². The quantitative estimate of drug-likeness (QED) is 0.493. The fourth-order valence-corrected chi connectivity index (χ4v) is 2.67. The first-order chi connectivity index (χ1) is 14.1. The molecule has 0 amide bonds. The van der Waals surface area contributed by atoms with Gasteiger partial charge in [0, 0.05) is 0 Å². The molecule has 0 saturated heterocycles. The summed E-state index contributed by atoms with van der Waals surface area (Å²) in [7, 11) is 0. The van der Waals surface area contributed by atoms with E-state index in [2.05, 4.69) is 13.2 Å². The van der Waals surface area contributed by atoms with Crippen molar-refractivity contribution in [1.29, 1.82) is 0 Å². The Kier molecular flexibility index (Phi) is 7.38. The Labute approximate surface area is 179 Å². The first-order valence-electron chi connectivity index (χ1n) is 9.89. The highest BCUT2D eigenvalue weighted by molar-refractivity contribution is 5.87. The van der Waals surface area contributed by atoms with E-state index in [1.807, 2.05) is 48.5 Å². The van der Waals surface area contributed by atoms with Crippen LogP contribution in [0.25, 0.3) is 12.2 Å². The van der Waals surface area contributed by atoms with Gasteiger partial charge in [-0.2, -0.15) is 0 Å². The molecule has 2 aromatic carbocycles. The third-order valence-corrected chi connectivity index (χ3v) is 5.75. The molecule has 0 atom stereocenters. The molecule has 0 aliphatic rings. The molecule has 0 unspecified atom stereocenters. The molecule has 0 aromatic heterocycles. The number of benzene rings is 2. The zero-order valence-corrected chi connectivity index (χ0v) is 18.2. The highest BCUT2D eigenvalue weighted by Gasteiger charge is 2.50. The molecule has 0 heterocycles. The molecule has 2 rings (SSSR count). The normalized spacial score (nSPS) is 11.5. The van der Waals surface area contributed by atoms with E-state index in [9.17, 15) is 9.59 Å². The molecule has 0 spiro atoms. The molecule has 30 heavy (non-hydrogen) atoms. The summed E-state index contributed by atoms with van der Waals surface area (Å²) in [5.41, 5.74) is 1.58. The van der Waals surface area contributed by atoms with Crippen molar-refractivity contribution >= 4 is 24.1 Å². The Bertz CT molecular complexity index is 826. The molecule has 0 aliphatic heterocycles. The minimum Gasteiger partial charge on any atom is -0.460 e. The second-order valence-corrected chi connectivity index (χ2v) is 8.29. The molecule has 158 valence electrons. The molecular formula is C26H30O4. The van der Waals surface area contributed by atoms with Crippen LogP contribution in [0.1, 0.15) is 49.9 Å². The number of carbonyl (C=O) groups is 2. The van der Waals surface area contributed by atoms with E-state index < -0.39 is 22.8 Å². The number of esters is 2. The number of carbonyl (C=O) groups excluding carboxylic acids is 2. The van der Waals surface area contributed by atoms with Gasteiger partial charge in [0.2, 0.25) is 0 Å². The average molecular weight is 407 g/mol. The third kappa shape index (κ3) is 5.26. The highest BCUT2D eigenvalue weighted by Crippen LogP contribution is 2.41. The first-order valence-corrected chi connectivity index (χ1v) is 9.89. The fraction of sp³-hybridized carbons (Fsp3) is 0.308. The Balaban J connectivity index is 1.99. The van der Waals surface area contributed by atoms with E-state index in [4.69, 9.17) is 9.47 Å². The van der Waals surface area contributed by atoms with Gasteiger partial charge in [-0.05, 0) is 49.9 Å². The van der Waals surface area contributed by atoms with Crippen molar-refractivity contribution in [3.8, 4) is 0 Å². The molecule has 4 heteroatoms. The lowest BCUT2D eigenvalue weighted by atomic mass is 9.68. The lowest BCUT2D eigenvalue weighted by Gasteiger charge is -2.37. The van der Waals surface area contributed by atoms with Crippen LogP contribution in [0, 0.1) is 10.8 Å². The van der Waals surface area contributed by atoms with E-state index in [0.29, 0.717) is 0 Å². The Morgan fingerprint density at radius 2 is 1.00 bits per heavy atom. The molecule has 0 fully saturated rings. The summed E-state index contributed by atoms with van der Waals surface area (Å²) in [6.07, 6.45) is 3.50. The molecule has 4 nitrogen and oxygen atoms in total. The zero-order valence-electron chi connectivity index (χ0n) is 18.2. The van der Waals surface area contributed by atoms with Crippen molar-refractivity contribution in [3.63, 3.8) is 0 Å². The van der Waals surface area contributed by atoms with Crippen molar-refractivity contribution in [1.82, 2.24) is 0 Å². The number of hydrogen-bond acceptors (Lipinski definition) is 4. The van der Waals surface area contributed by atoms with Gasteiger partial charge >= 0.3 is 11.9 Å². The monoisotopic (exact) mass is 406 g/mol. The topological polar surface area (TPSA) is 52.6 Å². The summed E-state index contributed by atoms with van der Waals surface area (Å²) in [5, 5.41) is 0. The van der Waals surface area contributed by atoms with Crippen LogP contribution in [0.4, 0.5) is 0 Å². The number of ether oxygens (including phenoxy) is 2. The van der Waals surface area contributed by atoms with Crippen LogP contribution in [0.2, 0.25) is 0 Å². The van der Waals surface area contributed by atoms with Gasteiger partial charge in [-0.25, -0.2) is 0 Å². The predicted octanol–water partition coefficient (Wildman–Crippen LogP) is 5.81. The molecule has 0 saturated carbocycles. The Morgan fingerprint density at radius 1 is 0.700 bits per heavy atom. The van der Waals surface area contributed by atoms with Gasteiger partial charge in [0.1, 0.15) is 13.2 Å². The van der Waals surface area contributed by atoms with E-state index >= 15 is 0 Å². The van der Waals surface area contributed by atoms with Gasteiger partial charge < -0.3 is 9.47 Å². The Morgan fingerprint density at radius 3 is 1.27 bits per heavy atom. The lowest BCUT2D eigenvalue weighted by Crippen LogP contribution is -2.46. The van der Waals surface area contributed by atoms with Crippen LogP contribution in [-0.4, -0.2) is 11.9 Å². The van der Waals surface area contributed by atoms with Gasteiger partial charge in [0.15, 0.2) is 0 Å². The van der Waals surface area contributed by atoms with Crippen LogP contribution < -0.4 is 0 Å².